The van der Waals surface area contributed by atoms with Gasteiger partial charge in [-0.3, -0.25) is 14.9 Å². The van der Waals surface area contributed by atoms with Crippen molar-refractivity contribution < 1.29 is 9.72 Å². The highest BCUT2D eigenvalue weighted by Crippen LogP contribution is 2.31. The molecule has 1 heterocycles. The van der Waals surface area contributed by atoms with Crippen LogP contribution in [-0.4, -0.2) is 41.9 Å². The van der Waals surface area contributed by atoms with Crippen LogP contribution in [-0.2, 0) is 17.6 Å². The molecule has 0 bridgehead atoms. The summed E-state index contributed by atoms with van der Waals surface area (Å²) < 4.78 is 0. The minimum atomic E-state index is -0.414. The summed E-state index contributed by atoms with van der Waals surface area (Å²) in [4.78, 5) is 27.2. The van der Waals surface area contributed by atoms with E-state index in [9.17, 15) is 14.9 Å². The van der Waals surface area contributed by atoms with Gasteiger partial charge in [-0.05, 0) is 36.1 Å². The lowest BCUT2D eigenvalue weighted by molar-refractivity contribution is -0.384. The minimum absolute atomic E-state index is 0.00260. The van der Waals surface area contributed by atoms with Gasteiger partial charge in [0.2, 0.25) is 5.91 Å². The van der Waals surface area contributed by atoms with Crippen LogP contribution in [0.2, 0.25) is 5.02 Å². The summed E-state index contributed by atoms with van der Waals surface area (Å²) in [6.07, 6.45) is 2.22. The Kier molecular flexibility index (Phi) is 6.52. The number of nitro groups is 1. The quantitative estimate of drug-likeness (QED) is 0.540. The lowest BCUT2D eigenvalue weighted by Gasteiger charge is -2.36. The number of hydrogen-bond donors (Lipinski definition) is 0. The van der Waals surface area contributed by atoms with Crippen LogP contribution in [0.3, 0.4) is 0 Å². The molecule has 1 aliphatic heterocycles. The fourth-order valence-electron chi connectivity index (χ4n) is 3.46. The second-order valence-corrected chi connectivity index (χ2v) is 7.36. The third kappa shape index (κ3) is 4.81. The minimum Gasteiger partial charge on any atom is -0.362 e. The van der Waals surface area contributed by atoms with Crippen LogP contribution in [0.25, 0.3) is 0 Å². The predicted molar refractivity (Wildman–Crippen MR) is 111 cm³/mol. The number of carbonyl (C=O) groups is 1. The molecule has 1 fully saturated rings. The summed E-state index contributed by atoms with van der Waals surface area (Å²) in [5.41, 5.74) is 3.02. The van der Waals surface area contributed by atoms with Crippen LogP contribution >= 0.6 is 11.6 Å². The van der Waals surface area contributed by atoms with Crippen molar-refractivity contribution in [3.63, 3.8) is 0 Å². The van der Waals surface area contributed by atoms with Crippen LogP contribution in [0.4, 0.5) is 11.4 Å². The average molecular weight is 402 g/mol. The molecule has 0 saturated carbocycles. The average Bonchev–Trinajstić information content (AvgIpc) is 2.72. The van der Waals surface area contributed by atoms with Crippen molar-refractivity contribution in [3.8, 4) is 0 Å². The van der Waals surface area contributed by atoms with E-state index in [1.165, 1.54) is 17.2 Å². The van der Waals surface area contributed by atoms with Gasteiger partial charge in [-0.1, -0.05) is 42.8 Å². The van der Waals surface area contributed by atoms with Crippen molar-refractivity contribution in [3.05, 3.63) is 68.7 Å². The zero-order chi connectivity index (χ0) is 20.1. The summed E-state index contributed by atoms with van der Waals surface area (Å²) in [5, 5.41) is 11.6. The number of carbonyl (C=O) groups excluding carboxylic acids is 1. The molecule has 0 unspecified atom stereocenters. The van der Waals surface area contributed by atoms with E-state index in [0.717, 1.165) is 12.8 Å². The zero-order valence-electron chi connectivity index (χ0n) is 15.9. The molecule has 6 nitrogen and oxygen atoms in total. The number of rotatable bonds is 6. The summed E-state index contributed by atoms with van der Waals surface area (Å²) in [6.45, 7) is 4.39. The second-order valence-electron chi connectivity index (χ2n) is 6.93. The highest BCUT2D eigenvalue weighted by molar-refractivity contribution is 6.30. The van der Waals surface area contributed by atoms with E-state index >= 15 is 0 Å². The van der Waals surface area contributed by atoms with Crippen molar-refractivity contribution >= 4 is 28.9 Å². The Hall–Kier alpha value is -2.60. The summed E-state index contributed by atoms with van der Waals surface area (Å²) in [7, 11) is 0. The number of benzene rings is 2. The van der Waals surface area contributed by atoms with Crippen LogP contribution in [0.1, 0.15) is 24.5 Å². The molecule has 7 heteroatoms. The first-order valence-corrected chi connectivity index (χ1v) is 9.90. The van der Waals surface area contributed by atoms with Gasteiger partial charge in [0.1, 0.15) is 5.69 Å². The van der Waals surface area contributed by atoms with E-state index in [4.69, 9.17) is 11.6 Å². The molecule has 1 aliphatic rings. The Bertz CT molecular complexity index is 846. The monoisotopic (exact) mass is 401 g/mol. The van der Waals surface area contributed by atoms with Gasteiger partial charge in [0.25, 0.3) is 5.69 Å². The second kappa shape index (κ2) is 9.06. The SMILES string of the molecule is CCc1ccc(CCC(=O)N2CCN(c3ccc(Cl)cc3[N+](=O)[O-])CC2)cc1. The Morgan fingerprint density at radius 3 is 2.32 bits per heavy atom. The zero-order valence-corrected chi connectivity index (χ0v) is 16.7. The van der Waals surface area contributed by atoms with Gasteiger partial charge in [0.05, 0.1) is 4.92 Å². The van der Waals surface area contributed by atoms with E-state index < -0.39 is 4.92 Å². The van der Waals surface area contributed by atoms with Crippen molar-refractivity contribution in [2.75, 3.05) is 31.1 Å². The molecule has 1 amide bonds. The molecular weight excluding hydrogens is 378 g/mol. The molecule has 2 aromatic rings. The van der Waals surface area contributed by atoms with Crippen LogP contribution in [0.5, 0.6) is 0 Å². The number of nitrogens with zero attached hydrogens (tertiary/aromatic N) is 3. The largest absolute Gasteiger partial charge is 0.362 e. The van der Waals surface area contributed by atoms with Gasteiger partial charge in [0, 0.05) is 43.7 Å². The van der Waals surface area contributed by atoms with Crippen molar-refractivity contribution in [2.45, 2.75) is 26.2 Å². The summed E-state index contributed by atoms with van der Waals surface area (Å²) in [5.74, 6) is 0.129. The van der Waals surface area contributed by atoms with Crippen LogP contribution < -0.4 is 4.90 Å². The van der Waals surface area contributed by atoms with Crippen LogP contribution in [0.15, 0.2) is 42.5 Å². The summed E-state index contributed by atoms with van der Waals surface area (Å²) in [6, 6.07) is 13.1. The highest BCUT2D eigenvalue weighted by Gasteiger charge is 2.25. The molecule has 2 aromatic carbocycles. The molecule has 148 valence electrons. The molecular formula is C21H24ClN3O3. The van der Waals surface area contributed by atoms with E-state index in [1.807, 2.05) is 9.80 Å². The van der Waals surface area contributed by atoms with E-state index in [-0.39, 0.29) is 11.6 Å². The molecule has 1 saturated heterocycles. The summed E-state index contributed by atoms with van der Waals surface area (Å²) >= 11 is 5.89. The molecule has 0 radical (unpaired) electrons. The van der Waals surface area contributed by atoms with E-state index in [0.29, 0.717) is 43.3 Å². The normalized spacial score (nSPS) is 14.2. The van der Waals surface area contributed by atoms with Crippen molar-refractivity contribution in [2.24, 2.45) is 0 Å². The van der Waals surface area contributed by atoms with E-state index in [1.54, 1.807) is 12.1 Å². The van der Waals surface area contributed by atoms with Gasteiger partial charge < -0.3 is 9.80 Å². The predicted octanol–water partition coefficient (Wildman–Crippen LogP) is 4.09. The third-order valence-corrected chi connectivity index (χ3v) is 5.40. The number of nitro benzene ring substituents is 1. The molecule has 0 N–H and O–H groups in total. The first-order chi connectivity index (χ1) is 13.5. The smallest absolute Gasteiger partial charge is 0.294 e. The first kappa shape index (κ1) is 20.1. The molecule has 0 atom stereocenters. The number of anilines is 1. The Morgan fingerprint density at radius 2 is 1.71 bits per heavy atom. The molecule has 0 aromatic heterocycles. The third-order valence-electron chi connectivity index (χ3n) is 5.17. The van der Waals surface area contributed by atoms with Gasteiger partial charge in [-0.15, -0.1) is 0 Å². The lowest BCUT2D eigenvalue weighted by Crippen LogP contribution is -2.49. The Morgan fingerprint density at radius 1 is 1.07 bits per heavy atom. The maximum absolute atomic E-state index is 12.5. The number of amides is 1. The number of halogens is 1. The fourth-order valence-corrected chi connectivity index (χ4v) is 3.62. The number of hydrogen-bond acceptors (Lipinski definition) is 4. The van der Waals surface area contributed by atoms with Crippen LogP contribution in [0, 0.1) is 10.1 Å². The number of piperazine rings is 1. The fraction of sp³-hybridized carbons (Fsp3) is 0.381. The molecule has 3 rings (SSSR count). The van der Waals surface area contributed by atoms with Gasteiger partial charge >= 0.3 is 0 Å². The van der Waals surface area contributed by atoms with Crippen molar-refractivity contribution in [1.29, 1.82) is 0 Å². The van der Waals surface area contributed by atoms with E-state index in [2.05, 4.69) is 31.2 Å². The Balaban J connectivity index is 1.55. The van der Waals surface area contributed by atoms with Gasteiger partial charge in [-0.25, -0.2) is 0 Å². The topological polar surface area (TPSA) is 66.7 Å². The lowest BCUT2D eigenvalue weighted by atomic mass is 10.1. The number of aryl methyl sites for hydroxylation is 2. The Labute approximate surface area is 169 Å². The van der Waals surface area contributed by atoms with Gasteiger partial charge in [0.15, 0.2) is 0 Å². The maximum Gasteiger partial charge on any atom is 0.294 e. The maximum atomic E-state index is 12.5. The highest BCUT2D eigenvalue weighted by atomic mass is 35.5. The molecule has 0 spiro atoms. The van der Waals surface area contributed by atoms with Crippen molar-refractivity contribution in [1.82, 2.24) is 4.90 Å². The molecule has 0 aliphatic carbocycles. The van der Waals surface area contributed by atoms with Gasteiger partial charge in [-0.2, -0.15) is 0 Å². The standard InChI is InChI=1S/C21H24ClN3O3/c1-2-16-3-5-17(6-4-16)7-10-21(26)24-13-11-23(12-14-24)19-9-8-18(22)15-20(19)25(27)28/h3-6,8-9,15H,2,7,10-14H2,1H3. The molecule has 28 heavy (non-hydrogen) atoms. The first-order valence-electron chi connectivity index (χ1n) is 9.52.